The molecule has 49 heavy (non-hydrogen) atoms. The molecule has 0 unspecified atom stereocenters. The molecule has 0 saturated carbocycles. The fraction of sp³-hybridized carbons (Fsp3) is 0. The van der Waals surface area contributed by atoms with E-state index < -0.39 is 0 Å². The summed E-state index contributed by atoms with van der Waals surface area (Å²) < 4.78 is 4.35. The summed E-state index contributed by atoms with van der Waals surface area (Å²) in [6, 6.07) is 56.2. The molecule has 0 aliphatic heterocycles. The van der Waals surface area contributed by atoms with Crippen LogP contribution in [0.25, 0.3) is 82.4 Å². The van der Waals surface area contributed by atoms with E-state index in [-0.39, 0.29) is 0 Å². The van der Waals surface area contributed by atoms with E-state index in [1.807, 2.05) is 89.6 Å². The summed E-state index contributed by atoms with van der Waals surface area (Å²) in [5.41, 5.74) is 8.12. The molecule has 0 aliphatic rings. The van der Waals surface area contributed by atoms with Crippen molar-refractivity contribution in [2.45, 2.75) is 0 Å². The summed E-state index contributed by atoms with van der Waals surface area (Å²) in [5.74, 6) is 1.95. The molecular formula is C43H28N5S+. The van der Waals surface area contributed by atoms with Gasteiger partial charge in [0, 0.05) is 59.7 Å². The Morgan fingerprint density at radius 2 is 1.00 bits per heavy atom. The maximum absolute atomic E-state index is 5.17. The van der Waals surface area contributed by atoms with E-state index in [0.717, 1.165) is 49.5 Å². The first kappa shape index (κ1) is 28.8. The van der Waals surface area contributed by atoms with E-state index in [2.05, 4.69) is 85.1 Å². The van der Waals surface area contributed by atoms with Crippen LogP contribution >= 0.6 is 11.3 Å². The van der Waals surface area contributed by atoms with Crippen LogP contribution in [0.4, 0.5) is 0 Å². The first-order chi connectivity index (χ1) is 24.3. The van der Waals surface area contributed by atoms with Gasteiger partial charge in [0.15, 0.2) is 17.5 Å². The minimum Gasteiger partial charge on any atom is -0.208 e. The number of rotatable bonds is 6. The molecule has 6 heteroatoms. The normalized spacial score (nSPS) is 11.3. The Hall–Kier alpha value is -6.37. The molecule has 0 spiro atoms. The zero-order valence-corrected chi connectivity index (χ0v) is 27.1. The van der Waals surface area contributed by atoms with Gasteiger partial charge in [-0.25, -0.2) is 15.0 Å². The topological polar surface area (TPSA) is 55.4 Å². The molecule has 0 amide bonds. The van der Waals surface area contributed by atoms with Crippen LogP contribution in [0.1, 0.15) is 0 Å². The van der Waals surface area contributed by atoms with Crippen molar-refractivity contribution >= 4 is 31.5 Å². The predicted molar refractivity (Wildman–Crippen MR) is 199 cm³/mol. The monoisotopic (exact) mass is 646 g/mol. The molecule has 5 nitrogen and oxygen atoms in total. The van der Waals surface area contributed by atoms with Gasteiger partial charge in [0.2, 0.25) is 11.9 Å². The molecule has 3 heterocycles. The predicted octanol–water partition coefficient (Wildman–Crippen LogP) is 10.2. The molecule has 3 aromatic heterocycles. The molecule has 6 aromatic carbocycles. The Bertz CT molecular complexity index is 2470. The second kappa shape index (κ2) is 12.3. The fourth-order valence-electron chi connectivity index (χ4n) is 6.24. The number of benzene rings is 6. The average molecular weight is 647 g/mol. The zero-order chi connectivity index (χ0) is 32.6. The summed E-state index contributed by atoms with van der Waals surface area (Å²) in [6.07, 6.45) is 2.11. The summed E-state index contributed by atoms with van der Waals surface area (Å²) in [4.78, 5) is 14.8. The van der Waals surface area contributed by atoms with Crippen molar-refractivity contribution in [3.63, 3.8) is 0 Å². The number of nitrogens with zero attached hydrogens (tertiary/aromatic N) is 5. The molecule has 230 valence electrons. The van der Waals surface area contributed by atoms with Crippen LogP contribution in [0.15, 0.2) is 170 Å². The molecule has 9 aromatic rings. The van der Waals surface area contributed by atoms with Crippen molar-refractivity contribution in [2.24, 2.45) is 0 Å². The lowest BCUT2D eigenvalue weighted by Crippen LogP contribution is -2.35. The van der Waals surface area contributed by atoms with Gasteiger partial charge in [-0.3, -0.25) is 0 Å². The van der Waals surface area contributed by atoms with Crippen molar-refractivity contribution in [2.75, 3.05) is 0 Å². The van der Waals surface area contributed by atoms with Crippen molar-refractivity contribution in [3.8, 4) is 62.2 Å². The maximum Gasteiger partial charge on any atom is 0.238 e. The van der Waals surface area contributed by atoms with Crippen LogP contribution in [-0.2, 0) is 0 Å². The van der Waals surface area contributed by atoms with Gasteiger partial charge in [0.1, 0.15) is 5.69 Å². The lowest BCUT2D eigenvalue weighted by molar-refractivity contribution is -0.658. The molecule has 0 radical (unpaired) electrons. The third-order valence-electron chi connectivity index (χ3n) is 8.63. The first-order valence-corrected chi connectivity index (χ1v) is 17.0. The number of para-hydroxylation sites is 1. The van der Waals surface area contributed by atoms with E-state index in [1.54, 1.807) is 11.3 Å². The van der Waals surface area contributed by atoms with E-state index in [0.29, 0.717) is 17.5 Å². The van der Waals surface area contributed by atoms with Crippen LogP contribution < -0.4 is 4.68 Å². The van der Waals surface area contributed by atoms with E-state index in [1.165, 1.54) is 15.5 Å². The van der Waals surface area contributed by atoms with Gasteiger partial charge < -0.3 is 0 Å². The van der Waals surface area contributed by atoms with Gasteiger partial charge in [-0.15, -0.1) is 11.3 Å². The largest absolute Gasteiger partial charge is 0.238 e. The molecular weight excluding hydrogens is 619 g/mol. The number of aromatic nitrogens is 5. The van der Waals surface area contributed by atoms with Crippen molar-refractivity contribution < 1.29 is 4.68 Å². The second-order valence-corrected chi connectivity index (χ2v) is 12.9. The maximum atomic E-state index is 5.17. The van der Waals surface area contributed by atoms with Crippen molar-refractivity contribution in [3.05, 3.63) is 170 Å². The lowest BCUT2D eigenvalue weighted by Gasteiger charge is -2.09. The number of hydrogen-bond donors (Lipinski definition) is 0. The van der Waals surface area contributed by atoms with Gasteiger partial charge >= 0.3 is 0 Å². The second-order valence-electron chi connectivity index (χ2n) is 11.8. The van der Waals surface area contributed by atoms with Gasteiger partial charge in [0.25, 0.3) is 0 Å². The Balaban J connectivity index is 1.20. The van der Waals surface area contributed by atoms with E-state index in [4.69, 9.17) is 20.1 Å². The van der Waals surface area contributed by atoms with Crippen LogP contribution in [-0.4, -0.2) is 20.1 Å². The highest BCUT2D eigenvalue weighted by Gasteiger charge is 2.20. The standard InChI is InChI=1S/C43H28N5S/c1-5-14-29(15-6-1)33-26-37(47-48(28-33)34-20-11-4-12-21-34)35-22-13-23-38-40(35)36-25-24-32(27-39(36)49-38)43-45-41(30-16-7-2-8-17-30)44-42(46-43)31-18-9-3-10-19-31/h1-28H/q+1. The fourth-order valence-corrected chi connectivity index (χ4v) is 7.41. The smallest absolute Gasteiger partial charge is 0.208 e. The third-order valence-corrected chi connectivity index (χ3v) is 9.75. The van der Waals surface area contributed by atoms with Gasteiger partial charge in [-0.05, 0) is 23.8 Å². The van der Waals surface area contributed by atoms with Crippen LogP contribution in [0, 0.1) is 0 Å². The van der Waals surface area contributed by atoms with Crippen molar-refractivity contribution in [1.29, 1.82) is 0 Å². The molecule has 0 N–H and O–H groups in total. The highest BCUT2D eigenvalue weighted by atomic mass is 32.1. The van der Waals surface area contributed by atoms with Crippen LogP contribution in [0.2, 0.25) is 0 Å². The molecule has 0 atom stereocenters. The van der Waals surface area contributed by atoms with Gasteiger partial charge in [-0.2, -0.15) is 0 Å². The Morgan fingerprint density at radius 3 is 1.63 bits per heavy atom. The Labute approximate surface area is 287 Å². The zero-order valence-electron chi connectivity index (χ0n) is 26.3. The summed E-state index contributed by atoms with van der Waals surface area (Å²) in [6.45, 7) is 0. The summed E-state index contributed by atoms with van der Waals surface area (Å²) in [7, 11) is 0. The van der Waals surface area contributed by atoms with E-state index in [9.17, 15) is 0 Å². The third kappa shape index (κ3) is 5.54. The van der Waals surface area contributed by atoms with Crippen molar-refractivity contribution in [1.82, 2.24) is 20.1 Å². The van der Waals surface area contributed by atoms with Crippen LogP contribution in [0.5, 0.6) is 0 Å². The Morgan fingerprint density at radius 1 is 0.429 bits per heavy atom. The summed E-state index contributed by atoms with van der Waals surface area (Å²) >= 11 is 1.78. The molecule has 9 rings (SSSR count). The molecule has 0 aliphatic carbocycles. The van der Waals surface area contributed by atoms with Crippen LogP contribution in [0.3, 0.4) is 0 Å². The quantitative estimate of drug-likeness (QED) is 0.169. The summed E-state index contributed by atoms with van der Waals surface area (Å²) in [5, 5.41) is 7.54. The van der Waals surface area contributed by atoms with Gasteiger partial charge in [0.05, 0.1) is 5.56 Å². The average Bonchev–Trinajstić information content (AvgIpc) is 3.57. The SMILES string of the molecule is c1ccc(-c2cc(-c3cccc4sc5cc(-c6nc(-c7ccccc7)nc(-c7ccccc7)n6)ccc5c34)n[n+](-c3ccccc3)c2)cc1. The highest BCUT2D eigenvalue weighted by molar-refractivity contribution is 7.26. The Kier molecular flexibility index (Phi) is 7.26. The first-order valence-electron chi connectivity index (χ1n) is 16.1. The number of fused-ring (bicyclic) bond motifs is 3. The van der Waals surface area contributed by atoms with Gasteiger partial charge in [-0.1, -0.05) is 138 Å². The highest BCUT2D eigenvalue weighted by Crippen LogP contribution is 2.41. The minimum atomic E-state index is 0.647. The molecule has 0 bridgehead atoms. The lowest BCUT2D eigenvalue weighted by atomic mass is 10.0. The minimum absolute atomic E-state index is 0.647. The number of thiophene rings is 1. The number of hydrogen-bond acceptors (Lipinski definition) is 5. The molecule has 0 fully saturated rings. The van der Waals surface area contributed by atoms with E-state index >= 15 is 0 Å². The molecule has 0 saturated heterocycles.